The molecule has 0 saturated heterocycles. The summed E-state index contributed by atoms with van der Waals surface area (Å²) in [5.74, 6) is 0.466. The van der Waals surface area contributed by atoms with Crippen molar-refractivity contribution in [2.45, 2.75) is 16.9 Å². The maximum absolute atomic E-state index is 12.6. The Labute approximate surface area is 91.7 Å². The maximum atomic E-state index is 12.6. The number of hydrogen-bond donors (Lipinski definition) is 2. The van der Waals surface area contributed by atoms with Crippen LogP contribution < -0.4 is 10.5 Å². The minimum absolute atomic E-state index is 0.132. The highest BCUT2D eigenvalue weighted by Crippen LogP contribution is 2.41. The summed E-state index contributed by atoms with van der Waals surface area (Å²) < 4.78 is 18.0. The van der Waals surface area contributed by atoms with Crippen LogP contribution in [0.15, 0.2) is 23.1 Å². The number of aliphatic hydroxyl groups is 1. The molecule has 1 aliphatic heterocycles. The summed E-state index contributed by atoms with van der Waals surface area (Å²) in [6, 6.07) is 5.11. The molecular weight excluding hydrogens is 217 g/mol. The molecule has 0 spiro atoms. The van der Waals surface area contributed by atoms with Crippen molar-refractivity contribution in [3.05, 3.63) is 23.8 Å². The van der Waals surface area contributed by atoms with Gasteiger partial charge in [-0.1, -0.05) is 12.1 Å². The minimum atomic E-state index is -0.806. The van der Waals surface area contributed by atoms with E-state index in [-0.39, 0.29) is 18.8 Å². The lowest BCUT2D eigenvalue weighted by Crippen LogP contribution is -2.44. The number of nitrogens with two attached hydrogens (primary N) is 1. The molecule has 0 saturated carbocycles. The van der Waals surface area contributed by atoms with Gasteiger partial charge < -0.3 is 15.6 Å². The zero-order valence-corrected chi connectivity index (χ0v) is 8.89. The van der Waals surface area contributed by atoms with Gasteiger partial charge in [-0.3, -0.25) is 0 Å². The first-order valence-corrected chi connectivity index (χ1v) is 5.37. The first-order chi connectivity index (χ1) is 7.21. The Bertz CT molecular complexity index is 374. The van der Waals surface area contributed by atoms with E-state index in [0.29, 0.717) is 29.2 Å². The zero-order valence-electron chi connectivity index (χ0n) is 8.07. The van der Waals surface area contributed by atoms with Gasteiger partial charge in [-0.15, -0.1) is 0 Å². The highest BCUT2D eigenvalue weighted by molar-refractivity contribution is 7.94. The molecule has 0 unspecified atom stereocenters. The second-order valence-electron chi connectivity index (χ2n) is 3.62. The van der Waals surface area contributed by atoms with Gasteiger partial charge in [0.15, 0.2) is 0 Å². The third-order valence-electron chi connectivity index (χ3n) is 2.68. The lowest BCUT2D eigenvalue weighted by molar-refractivity contribution is 0.136. The number of ether oxygens (including phenoxy) is 1. The van der Waals surface area contributed by atoms with Crippen molar-refractivity contribution < 1.29 is 13.7 Å². The molecule has 1 aliphatic rings. The number of aliphatic hydroxyl groups excluding tert-OH is 1. The van der Waals surface area contributed by atoms with Crippen LogP contribution in [0.3, 0.4) is 0 Å². The fraction of sp³-hybridized carbons (Fsp3) is 0.400. The van der Waals surface area contributed by atoms with E-state index in [1.165, 1.54) is 0 Å². The molecule has 0 fully saturated rings. The molecule has 0 aromatic heterocycles. The molecule has 0 radical (unpaired) electrons. The van der Waals surface area contributed by atoms with Crippen LogP contribution in [0.25, 0.3) is 0 Å². The summed E-state index contributed by atoms with van der Waals surface area (Å²) >= 11 is 0.132. The molecule has 3 nitrogen and oxygen atoms in total. The number of rotatable bonds is 2. The summed E-state index contributed by atoms with van der Waals surface area (Å²) in [7, 11) is 0. The second-order valence-corrected chi connectivity index (χ2v) is 4.22. The van der Waals surface area contributed by atoms with Crippen LogP contribution in [0.2, 0.25) is 0 Å². The van der Waals surface area contributed by atoms with Gasteiger partial charge in [0.2, 0.25) is 0 Å². The zero-order chi connectivity index (χ0) is 10.9. The van der Waals surface area contributed by atoms with E-state index in [0.717, 1.165) is 0 Å². The smallest absolute Gasteiger partial charge is 0.140 e. The Balaban J connectivity index is 2.53. The lowest BCUT2D eigenvalue weighted by atomic mass is 9.86. The van der Waals surface area contributed by atoms with Crippen molar-refractivity contribution in [3.63, 3.8) is 0 Å². The predicted octanol–water partition coefficient (Wildman–Crippen LogP) is 1.59. The molecule has 2 rings (SSSR count). The van der Waals surface area contributed by atoms with Gasteiger partial charge in [0, 0.05) is 12.0 Å². The average molecular weight is 229 g/mol. The SMILES string of the molecule is N[C@@]1(CO)CCOc2c(SF)cccc21. The first-order valence-electron chi connectivity index (χ1n) is 4.66. The number of hydrogen-bond acceptors (Lipinski definition) is 4. The van der Waals surface area contributed by atoms with E-state index in [1.54, 1.807) is 18.2 Å². The maximum Gasteiger partial charge on any atom is 0.140 e. The molecule has 15 heavy (non-hydrogen) atoms. The van der Waals surface area contributed by atoms with Crippen molar-refractivity contribution in [3.8, 4) is 5.75 Å². The van der Waals surface area contributed by atoms with Gasteiger partial charge >= 0.3 is 0 Å². The van der Waals surface area contributed by atoms with Crippen LogP contribution in [-0.4, -0.2) is 18.3 Å². The highest BCUT2D eigenvalue weighted by Gasteiger charge is 2.34. The van der Waals surface area contributed by atoms with E-state index in [4.69, 9.17) is 10.5 Å². The van der Waals surface area contributed by atoms with E-state index in [9.17, 15) is 8.99 Å². The molecule has 1 aromatic rings. The standard InChI is InChI=1S/C10H12FNO2S/c11-15-8-3-1-2-7-9(8)14-5-4-10(7,12)6-13/h1-3,13H,4-6,12H2/t10-/m1/s1. The summed E-state index contributed by atoms with van der Waals surface area (Å²) in [5.41, 5.74) is 5.91. The third-order valence-corrected chi connectivity index (χ3v) is 3.16. The van der Waals surface area contributed by atoms with Crippen LogP contribution in [0.5, 0.6) is 5.75 Å². The topological polar surface area (TPSA) is 55.5 Å². The van der Waals surface area contributed by atoms with Crippen LogP contribution >= 0.6 is 12.1 Å². The van der Waals surface area contributed by atoms with Gasteiger partial charge in [-0.2, -0.15) is 3.89 Å². The highest BCUT2D eigenvalue weighted by atomic mass is 32.2. The fourth-order valence-corrected chi connectivity index (χ4v) is 2.12. The van der Waals surface area contributed by atoms with Crippen molar-refractivity contribution in [2.75, 3.05) is 13.2 Å². The Hall–Kier alpha value is -0.780. The molecule has 1 atom stereocenters. The molecule has 82 valence electrons. The van der Waals surface area contributed by atoms with E-state index < -0.39 is 5.54 Å². The second kappa shape index (κ2) is 4.00. The van der Waals surface area contributed by atoms with Gasteiger partial charge in [0.25, 0.3) is 0 Å². The monoisotopic (exact) mass is 229 g/mol. The number of benzene rings is 1. The fourth-order valence-electron chi connectivity index (χ4n) is 1.75. The van der Waals surface area contributed by atoms with Crippen LogP contribution in [0.4, 0.5) is 3.89 Å². The largest absolute Gasteiger partial charge is 0.492 e. The normalized spacial score (nSPS) is 24.5. The van der Waals surface area contributed by atoms with Crippen LogP contribution in [-0.2, 0) is 5.54 Å². The van der Waals surface area contributed by atoms with Gasteiger partial charge in [-0.05, 0) is 6.07 Å². The quantitative estimate of drug-likeness (QED) is 0.808. The van der Waals surface area contributed by atoms with Crippen molar-refractivity contribution in [1.29, 1.82) is 0 Å². The van der Waals surface area contributed by atoms with Crippen LogP contribution in [0, 0.1) is 0 Å². The third kappa shape index (κ3) is 1.71. The molecule has 5 heteroatoms. The molecule has 3 N–H and O–H groups in total. The summed E-state index contributed by atoms with van der Waals surface area (Å²) in [4.78, 5) is 0.412. The van der Waals surface area contributed by atoms with Crippen molar-refractivity contribution in [1.82, 2.24) is 0 Å². The summed E-state index contributed by atoms with van der Waals surface area (Å²) in [6.07, 6.45) is 0.539. The molecule has 0 aliphatic carbocycles. The molecule has 0 bridgehead atoms. The summed E-state index contributed by atoms with van der Waals surface area (Å²) in [5, 5.41) is 9.28. The Morgan fingerprint density at radius 3 is 3.07 bits per heavy atom. The van der Waals surface area contributed by atoms with Gasteiger partial charge in [0.05, 0.1) is 35.8 Å². The predicted molar refractivity (Wildman–Crippen MR) is 56.5 cm³/mol. The van der Waals surface area contributed by atoms with E-state index in [2.05, 4.69) is 0 Å². The Kier molecular flexibility index (Phi) is 2.86. The van der Waals surface area contributed by atoms with Crippen molar-refractivity contribution >= 4 is 12.1 Å². The van der Waals surface area contributed by atoms with Crippen LogP contribution in [0.1, 0.15) is 12.0 Å². The minimum Gasteiger partial charge on any atom is -0.492 e. The molecule has 0 amide bonds. The summed E-state index contributed by atoms with van der Waals surface area (Å²) in [6.45, 7) is 0.241. The Morgan fingerprint density at radius 2 is 2.40 bits per heavy atom. The Morgan fingerprint density at radius 1 is 1.60 bits per heavy atom. The first kappa shape index (κ1) is 10.7. The van der Waals surface area contributed by atoms with E-state index >= 15 is 0 Å². The molecular formula is C10H12FNO2S. The number of para-hydroxylation sites is 1. The molecule has 1 aromatic carbocycles. The average Bonchev–Trinajstić information content (AvgIpc) is 2.29. The number of fused-ring (bicyclic) bond motifs is 1. The van der Waals surface area contributed by atoms with Gasteiger partial charge in [-0.25, -0.2) is 0 Å². The van der Waals surface area contributed by atoms with E-state index in [1.807, 2.05) is 0 Å². The molecule has 1 heterocycles. The number of halogens is 1. The van der Waals surface area contributed by atoms with Crippen molar-refractivity contribution in [2.24, 2.45) is 5.73 Å². The van der Waals surface area contributed by atoms with Gasteiger partial charge in [0.1, 0.15) is 5.75 Å². The lowest BCUT2D eigenvalue weighted by Gasteiger charge is -2.34.